The number of amides is 3. The first-order valence-electron chi connectivity index (χ1n) is 16.3. The molecule has 0 fully saturated rings. The van der Waals surface area contributed by atoms with Gasteiger partial charge < -0.3 is 40.4 Å². The number of nitrogens with two attached hydrogens (primary N) is 1. The summed E-state index contributed by atoms with van der Waals surface area (Å²) in [6.45, 7) is 17.9. The van der Waals surface area contributed by atoms with Crippen molar-refractivity contribution in [2.75, 3.05) is 34.0 Å². The van der Waals surface area contributed by atoms with E-state index in [1.807, 2.05) is 32.0 Å². The number of hydrogen-bond acceptors (Lipinski definition) is 8. The molecule has 0 aromatic heterocycles. The second kappa shape index (κ2) is 18.9. The van der Waals surface area contributed by atoms with Crippen LogP contribution in [0.1, 0.15) is 87.1 Å². The highest BCUT2D eigenvalue weighted by Gasteiger charge is 2.34. The molecular weight excluding hydrogens is 590 g/mol. The Bertz CT molecular complexity index is 1100. The standard InChI is InChI=1S/C35H61N3O8/c1-22(2)25(17-24-13-14-29(44-11)30(18-24)45-16-12-15-43-10)19-27(38-33(42)46-34(5,6)7)28(39)20-26(23(3)4)31(40)37-21-35(8,9)32(36)41/h13-14,18,22-23,25-28,39H,12,15-17,19-21H2,1-11H3,(H2,36,41)(H,37,40)(H,38,42)/t25-,26-,27-,28-/m0/s1. The largest absolute Gasteiger partial charge is 0.493 e. The van der Waals surface area contributed by atoms with Gasteiger partial charge in [-0.25, -0.2) is 4.79 Å². The van der Waals surface area contributed by atoms with Crippen LogP contribution in [0.4, 0.5) is 4.79 Å². The summed E-state index contributed by atoms with van der Waals surface area (Å²) in [6.07, 6.45) is 0.261. The van der Waals surface area contributed by atoms with Gasteiger partial charge in [0.15, 0.2) is 11.5 Å². The number of alkyl carbamates (subject to hydrolysis) is 1. The molecular formula is C35H61N3O8. The molecule has 1 aromatic carbocycles. The topological polar surface area (TPSA) is 158 Å². The third kappa shape index (κ3) is 14.6. The van der Waals surface area contributed by atoms with Crippen LogP contribution in [0.3, 0.4) is 0 Å². The summed E-state index contributed by atoms with van der Waals surface area (Å²) in [7, 11) is 3.26. The van der Waals surface area contributed by atoms with E-state index in [1.165, 1.54) is 0 Å². The van der Waals surface area contributed by atoms with Gasteiger partial charge in [-0.15, -0.1) is 0 Å². The molecule has 0 spiro atoms. The summed E-state index contributed by atoms with van der Waals surface area (Å²) < 4.78 is 22.2. The van der Waals surface area contributed by atoms with Crippen molar-refractivity contribution in [1.82, 2.24) is 10.6 Å². The van der Waals surface area contributed by atoms with Crippen LogP contribution in [0.5, 0.6) is 11.5 Å². The minimum atomic E-state index is -1.05. The Balaban J connectivity index is 3.26. The van der Waals surface area contributed by atoms with E-state index in [2.05, 4.69) is 24.5 Å². The van der Waals surface area contributed by atoms with Crippen LogP contribution < -0.4 is 25.8 Å². The van der Waals surface area contributed by atoms with E-state index in [1.54, 1.807) is 48.8 Å². The molecule has 0 aliphatic heterocycles. The van der Waals surface area contributed by atoms with Crippen molar-refractivity contribution in [2.45, 2.75) is 106 Å². The van der Waals surface area contributed by atoms with Gasteiger partial charge in [-0.3, -0.25) is 9.59 Å². The van der Waals surface area contributed by atoms with Gasteiger partial charge in [0, 0.05) is 32.6 Å². The Hall–Kier alpha value is -3.05. The molecule has 0 heterocycles. The van der Waals surface area contributed by atoms with E-state index in [-0.39, 0.29) is 36.6 Å². The molecule has 1 rings (SSSR count). The van der Waals surface area contributed by atoms with Gasteiger partial charge in [0.25, 0.3) is 0 Å². The SMILES string of the molecule is COCCCOc1cc(C[C@@H](C[C@H](NC(=O)OC(C)(C)C)[C@@H](O)C[C@H](C(=O)NCC(C)(C)C(N)=O)C(C)C)C(C)C)ccc1OC. The number of carbonyl (C=O) groups is 3. The summed E-state index contributed by atoms with van der Waals surface area (Å²) in [5, 5.41) is 17.4. The molecule has 264 valence electrons. The van der Waals surface area contributed by atoms with Gasteiger partial charge in [-0.2, -0.15) is 0 Å². The van der Waals surface area contributed by atoms with Gasteiger partial charge in [0.2, 0.25) is 11.8 Å². The van der Waals surface area contributed by atoms with Gasteiger partial charge in [0.1, 0.15) is 5.60 Å². The zero-order valence-corrected chi connectivity index (χ0v) is 30.0. The molecule has 0 bridgehead atoms. The molecule has 5 N–H and O–H groups in total. The number of primary amides is 1. The summed E-state index contributed by atoms with van der Waals surface area (Å²) >= 11 is 0. The molecule has 0 radical (unpaired) electrons. The summed E-state index contributed by atoms with van der Waals surface area (Å²) in [4.78, 5) is 38.0. The number of hydrogen-bond donors (Lipinski definition) is 4. The van der Waals surface area contributed by atoms with Crippen molar-refractivity contribution >= 4 is 17.9 Å². The van der Waals surface area contributed by atoms with Crippen molar-refractivity contribution in [2.24, 2.45) is 34.8 Å². The van der Waals surface area contributed by atoms with Gasteiger partial charge in [-0.05, 0) is 89.3 Å². The normalized spacial score (nSPS) is 14.7. The summed E-state index contributed by atoms with van der Waals surface area (Å²) in [5.74, 6) is 0.0461. The molecule has 0 saturated carbocycles. The zero-order valence-electron chi connectivity index (χ0n) is 30.0. The fourth-order valence-electron chi connectivity index (χ4n) is 4.97. The second-order valence-electron chi connectivity index (χ2n) is 14.5. The number of benzene rings is 1. The van der Waals surface area contributed by atoms with Crippen LogP contribution in [0.15, 0.2) is 18.2 Å². The van der Waals surface area contributed by atoms with E-state index < -0.39 is 41.1 Å². The first kappa shape index (κ1) is 41.0. The van der Waals surface area contributed by atoms with Gasteiger partial charge in [0.05, 0.1) is 31.3 Å². The van der Waals surface area contributed by atoms with Crippen LogP contribution in [0.2, 0.25) is 0 Å². The van der Waals surface area contributed by atoms with Gasteiger partial charge >= 0.3 is 6.09 Å². The monoisotopic (exact) mass is 651 g/mol. The average Bonchev–Trinajstić information content (AvgIpc) is 2.94. The minimum Gasteiger partial charge on any atom is -0.493 e. The van der Waals surface area contributed by atoms with E-state index in [0.717, 1.165) is 12.0 Å². The number of carbonyl (C=O) groups excluding carboxylic acids is 3. The number of ether oxygens (including phenoxy) is 4. The maximum Gasteiger partial charge on any atom is 0.407 e. The molecule has 11 nitrogen and oxygen atoms in total. The molecule has 0 aliphatic carbocycles. The lowest BCUT2D eigenvalue weighted by Crippen LogP contribution is -2.49. The van der Waals surface area contributed by atoms with Crippen molar-refractivity contribution in [3.63, 3.8) is 0 Å². The van der Waals surface area contributed by atoms with E-state index in [9.17, 15) is 19.5 Å². The fraction of sp³-hybridized carbons (Fsp3) is 0.743. The Labute approximate surface area is 276 Å². The lowest BCUT2D eigenvalue weighted by atomic mass is 9.80. The molecule has 0 unspecified atom stereocenters. The van der Waals surface area contributed by atoms with E-state index >= 15 is 0 Å². The molecule has 3 amide bonds. The molecule has 0 saturated heterocycles. The third-order valence-corrected chi connectivity index (χ3v) is 8.15. The van der Waals surface area contributed by atoms with Crippen LogP contribution in [0, 0.1) is 29.1 Å². The van der Waals surface area contributed by atoms with Crippen LogP contribution >= 0.6 is 0 Å². The number of rotatable bonds is 20. The van der Waals surface area contributed by atoms with E-state index in [4.69, 9.17) is 24.7 Å². The average molecular weight is 652 g/mol. The Morgan fingerprint density at radius 2 is 1.59 bits per heavy atom. The van der Waals surface area contributed by atoms with Gasteiger partial charge in [-0.1, -0.05) is 33.8 Å². The number of methoxy groups -OCH3 is 2. The Kier molecular flexibility index (Phi) is 16.9. The first-order valence-corrected chi connectivity index (χ1v) is 16.3. The zero-order chi connectivity index (χ0) is 35.2. The Morgan fingerprint density at radius 3 is 2.11 bits per heavy atom. The second-order valence-corrected chi connectivity index (χ2v) is 14.5. The first-order chi connectivity index (χ1) is 21.3. The lowest BCUT2D eigenvalue weighted by molar-refractivity contribution is -0.130. The van der Waals surface area contributed by atoms with Crippen LogP contribution in [-0.4, -0.2) is 74.7 Å². The maximum atomic E-state index is 13.3. The quantitative estimate of drug-likeness (QED) is 0.146. The van der Waals surface area contributed by atoms with Crippen molar-refractivity contribution in [3.05, 3.63) is 23.8 Å². The molecule has 1 aromatic rings. The summed E-state index contributed by atoms with van der Waals surface area (Å²) in [6, 6.07) is 5.16. The maximum absolute atomic E-state index is 13.3. The van der Waals surface area contributed by atoms with Crippen molar-refractivity contribution < 1.29 is 38.4 Å². The predicted molar refractivity (Wildman–Crippen MR) is 180 cm³/mol. The number of aliphatic hydroxyl groups excluding tert-OH is 1. The summed E-state index contributed by atoms with van der Waals surface area (Å²) in [5.41, 5.74) is 4.87. The number of nitrogens with one attached hydrogen (secondary N) is 2. The predicted octanol–water partition coefficient (Wildman–Crippen LogP) is 4.86. The molecule has 0 aliphatic rings. The lowest BCUT2D eigenvalue weighted by Gasteiger charge is -2.33. The highest BCUT2D eigenvalue weighted by Crippen LogP contribution is 2.32. The molecule has 11 heteroatoms. The highest BCUT2D eigenvalue weighted by atomic mass is 16.6. The third-order valence-electron chi connectivity index (χ3n) is 8.15. The minimum absolute atomic E-state index is 0.0482. The molecule has 4 atom stereocenters. The highest BCUT2D eigenvalue weighted by molar-refractivity contribution is 5.83. The van der Waals surface area contributed by atoms with Crippen molar-refractivity contribution in [1.29, 1.82) is 0 Å². The number of aliphatic hydroxyl groups is 1. The fourth-order valence-corrected chi connectivity index (χ4v) is 4.97. The van der Waals surface area contributed by atoms with Crippen LogP contribution in [-0.2, 0) is 25.5 Å². The Morgan fingerprint density at radius 1 is 0.935 bits per heavy atom. The van der Waals surface area contributed by atoms with Crippen molar-refractivity contribution in [3.8, 4) is 11.5 Å². The molecule has 46 heavy (non-hydrogen) atoms. The van der Waals surface area contributed by atoms with E-state index in [0.29, 0.717) is 37.6 Å². The smallest absolute Gasteiger partial charge is 0.407 e. The van der Waals surface area contributed by atoms with Crippen LogP contribution in [0.25, 0.3) is 0 Å².